The van der Waals surface area contributed by atoms with Gasteiger partial charge in [0, 0.05) is 5.56 Å². The van der Waals surface area contributed by atoms with Crippen LogP contribution in [-0.2, 0) is 14.3 Å². The number of ether oxygens (including phenoxy) is 2. The summed E-state index contributed by atoms with van der Waals surface area (Å²) < 4.78 is 37.3. The number of carbonyl (C=O) groups is 1. The van der Waals surface area contributed by atoms with Gasteiger partial charge in [0.2, 0.25) is 0 Å². The van der Waals surface area contributed by atoms with Crippen molar-refractivity contribution in [2.24, 2.45) is 0 Å². The maximum Gasteiger partial charge on any atom is 0.306 e. The lowest BCUT2D eigenvalue weighted by Gasteiger charge is -2.16. The Morgan fingerprint density at radius 2 is 2.15 bits per heavy atom. The molecule has 1 heterocycles. The van der Waals surface area contributed by atoms with Gasteiger partial charge >= 0.3 is 5.97 Å². The Balaban J connectivity index is 2.23. The van der Waals surface area contributed by atoms with E-state index in [1.807, 2.05) is 6.92 Å². The van der Waals surface area contributed by atoms with Gasteiger partial charge in [-0.2, -0.15) is 0 Å². The molecular weight excluding hydrogens is 266 g/mol. The number of hydrogen-bond donors (Lipinski definition) is 0. The molecule has 1 aromatic carbocycles. The number of esters is 1. The molecule has 0 amide bonds. The summed E-state index contributed by atoms with van der Waals surface area (Å²) in [6.07, 6.45) is 0.458. The second kappa shape index (κ2) is 6.31. The van der Waals surface area contributed by atoms with Gasteiger partial charge in [-0.25, -0.2) is 8.78 Å². The van der Waals surface area contributed by atoms with Crippen molar-refractivity contribution in [1.29, 1.82) is 0 Å². The summed E-state index contributed by atoms with van der Waals surface area (Å²) >= 11 is 0. The molecule has 0 aliphatic carbocycles. The Bertz CT molecular complexity index is 498. The van der Waals surface area contributed by atoms with Crippen LogP contribution in [0.3, 0.4) is 0 Å². The van der Waals surface area contributed by atoms with Crippen molar-refractivity contribution < 1.29 is 23.0 Å². The lowest BCUT2D eigenvalue weighted by molar-refractivity contribution is -0.143. The largest absolute Gasteiger partial charge is 0.466 e. The van der Waals surface area contributed by atoms with E-state index in [1.165, 1.54) is 0 Å². The van der Waals surface area contributed by atoms with Crippen LogP contribution in [0.1, 0.15) is 49.8 Å². The molecule has 0 spiro atoms. The summed E-state index contributed by atoms with van der Waals surface area (Å²) in [6.45, 7) is 4.36. The minimum absolute atomic E-state index is 0.167. The molecule has 20 heavy (non-hydrogen) atoms. The summed E-state index contributed by atoms with van der Waals surface area (Å²) in [6, 6.07) is 2.76. The van der Waals surface area contributed by atoms with Crippen molar-refractivity contribution in [2.45, 2.75) is 38.7 Å². The third kappa shape index (κ3) is 3.33. The maximum atomic E-state index is 13.7. The van der Waals surface area contributed by atoms with Crippen LogP contribution in [0.2, 0.25) is 0 Å². The highest BCUT2D eigenvalue weighted by Gasteiger charge is 2.30. The SMILES string of the molecule is CCOC(=O)CC(CC)c1cc(F)c(F)c(C2CO2)c1. The maximum absolute atomic E-state index is 13.7. The number of epoxide rings is 1. The van der Waals surface area contributed by atoms with Crippen LogP contribution in [0.5, 0.6) is 0 Å². The molecule has 1 fully saturated rings. The van der Waals surface area contributed by atoms with E-state index < -0.39 is 11.6 Å². The molecule has 1 saturated heterocycles. The number of carbonyl (C=O) groups excluding carboxylic acids is 1. The van der Waals surface area contributed by atoms with Gasteiger partial charge < -0.3 is 9.47 Å². The minimum atomic E-state index is -0.893. The molecule has 2 unspecified atom stereocenters. The fourth-order valence-electron chi connectivity index (χ4n) is 2.25. The second-order valence-corrected chi connectivity index (χ2v) is 4.84. The molecule has 1 aromatic rings. The van der Waals surface area contributed by atoms with Crippen LogP contribution in [-0.4, -0.2) is 19.2 Å². The van der Waals surface area contributed by atoms with E-state index in [0.717, 1.165) is 6.07 Å². The first-order chi connectivity index (χ1) is 9.56. The highest BCUT2D eigenvalue weighted by Crippen LogP contribution is 2.36. The summed E-state index contributed by atoms with van der Waals surface area (Å²) in [5.74, 6) is -2.26. The third-order valence-corrected chi connectivity index (χ3v) is 3.44. The Hall–Kier alpha value is -1.49. The normalized spacial score (nSPS) is 18.7. The fraction of sp³-hybridized carbons (Fsp3) is 0.533. The zero-order valence-corrected chi connectivity index (χ0v) is 11.6. The minimum Gasteiger partial charge on any atom is -0.466 e. The summed E-state index contributed by atoms with van der Waals surface area (Å²) in [7, 11) is 0. The molecule has 1 aliphatic rings. The average Bonchev–Trinajstić information content (AvgIpc) is 3.24. The van der Waals surface area contributed by atoms with Crippen molar-refractivity contribution in [3.63, 3.8) is 0 Å². The van der Waals surface area contributed by atoms with Gasteiger partial charge in [-0.05, 0) is 37.0 Å². The average molecular weight is 284 g/mol. The highest BCUT2D eigenvalue weighted by molar-refractivity contribution is 5.70. The predicted molar refractivity (Wildman–Crippen MR) is 69.3 cm³/mol. The number of rotatable bonds is 6. The number of hydrogen-bond acceptors (Lipinski definition) is 3. The zero-order valence-electron chi connectivity index (χ0n) is 11.6. The van der Waals surface area contributed by atoms with Crippen LogP contribution in [0, 0.1) is 11.6 Å². The highest BCUT2D eigenvalue weighted by atomic mass is 19.2. The molecule has 0 radical (unpaired) electrons. The van der Waals surface area contributed by atoms with Crippen LogP contribution < -0.4 is 0 Å². The van der Waals surface area contributed by atoms with Crippen molar-refractivity contribution in [1.82, 2.24) is 0 Å². The molecule has 1 aliphatic heterocycles. The molecule has 0 saturated carbocycles. The molecule has 0 N–H and O–H groups in total. The molecular formula is C15H18F2O3. The van der Waals surface area contributed by atoms with E-state index in [2.05, 4.69) is 0 Å². The van der Waals surface area contributed by atoms with Gasteiger partial charge in [0.15, 0.2) is 11.6 Å². The van der Waals surface area contributed by atoms with E-state index in [4.69, 9.17) is 9.47 Å². The van der Waals surface area contributed by atoms with Crippen molar-refractivity contribution >= 4 is 5.97 Å². The Labute approximate surface area is 116 Å². The van der Waals surface area contributed by atoms with Crippen molar-refractivity contribution in [2.75, 3.05) is 13.2 Å². The molecule has 5 heteroatoms. The lowest BCUT2D eigenvalue weighted by Crippen LogP contribution is -2.11. The van der Waals surface area contributed by atoms with Crippen LogP contribution in [0.4, 0.5) is 8.78 Å². The van der Waals surface area contributed by atoms with Gasteiger partial charge in [-0.1, -0.05) is 6.92 Å². The summed E-state index contributed by atoms with van der Waals surface area (Å²) in [4.78, 5) is 11.6. The Morgan fingerprint density at radius 1 is 1.45 bits per heavy atom. The van der Waals surface area contributed by atoms with Gasteiger partial charge in [-0.15, -0.1) is 0 Å². The molecule has 3 nitrogen and oxygen atoms in total. The lowest BCUT2D eigenvalue weighted by atomic mass is 9.91. The van der Waals surface area contributed by atoms with E-state index in [0.29, 0.717) is 25.2 Å². The van der Waals surface area contributed by atoms with Crippen LogP contribution >= 0.6 is 0 Å². The first-order valence-corrected chi connectivity index (χ1v) is 6.82. The van der Waals surface area contributed by atoms with Gasteiger partial charge in [0.05, 0.1) is 19.6 Å². The number of benzene rings is 1. The fourth-order valence-corrected chi connectivity index (χ4v) is 2.25. The monoisotopic (exact) mass is 284 g/mol. The molecule has 0 bridgehead atoms. The van der Waals surface area contributed by atoms with E-state index in [-0.39, 0.29) is 30.0 Å². The quantitative estimate of drug-likeness (QED) is 0.593. The summed E-state index contributed by atoms with van der Waals surface area (Å²) in [5.41, 5.74) is 0.854. The first kappa shape index (κ1) is 14.9. The topological polar surface area (TPSA) is 38.8 Å². The van der Waals surface area contributed by atoms with E-state index in [1.54, 1.807) is 13.0 Å². The van der Waals surface area contributed by atoms with Crippen LogP contribution in [0.25, 0.3) is 0 Å². The van der Waals surface area contributed by atoms with Crippen molar-refractivity contribution in [3.05, 3.63) is 34.9 Å². The Kier molecular flexibility index (Phi) is 4.70. The van der Waals surface area contributed by atoms with E-state index in [9.17, 15) is 13.6 Å². The smallest absolute Gasteiger partial charge is 0.306 e. The van der Waals surface area contributed by atoms with E-state index >= 15 is 0 Å². The zero-order chi connectivity index (χ0) is 14.7. The molecule has 2 rings (SSSR count). The number of halogens is 2. The first-order valence-electron chi connectivity index (χ1n) is 6.82. The second-order valence-electron chi connectivity index (χ2n) is 4.84. The standard InChI is InChI=1S/C15H18F2O3/c1-3-9(7-14(18)19-4-2)10-5-11(13-8-20-13)15(17)12(16)6-10/h5-6,9,13H,3-4,7-8H2,1-2H3. The third-order valence-electron chi connectivity index (χ3n) is 3.44. The van der Waals surface area contributed by atoms with Crippen molar-refractivity contribution in [3.8, 4) is 0 Å². The summed E-state index contributed by atoms with van der Waals surface area (Å²) in [5, 5.41) is 0. The van der Waals surface area contributed by atoms with Crippen LogP contribution in [0.15, 0.2) is 12.1 Å². The van der Waals surface area contributed by atoms with Gasteiger partial charge in [0.1, 0.15) is 6.10 Å². The molecule has 0 aromatic heterocycles. The van der Waals surface area contributed by atoms with Gasteiger partial charge in [0.25, 0.3) is 0 Å². The predicted octanol–water partition coefficient (Wildman–Crippen LogP) is 3.48. The molecule has 2 atom stereocenters. The Morgan fingerprint density at radius 3 is 2.70 bits per heavy atom. The van der Waals surface area contributed by atoms with Gasteiger partial charge in [-0.3, -0.25) is 4.79 Å². The molecule has 110 valence electrons.